The minimum absolute atomic E-state index is 0.148. The van der Waals surface area contributed by atoms with E-state index >= 15 is 0 Å². The molecule has 9 heteroatoms. The zero-order valence-corrected chi connectivity index (χ0v) is 13.9. The second-order valence-electron chi connectivity index (χ2n) is 5.14. The second kappa shape index (κ2) is 7.11. The summed E-state index contributed by atoms with van der Waals surface area (Å²) in [6.07, 6.45) is -1.11. The third kappa shape index (κ3) is 3.64. The van der Waals surface area contributed by atoms with E-state index in [2.05, 4.69) is 4.74 Å². The minimum atomic E-state index is -4.08. The van der Waals surface area contributed by atoms with Crippen LogP contribution in [0.4, 0.5) is 8.78 Å². The van der Waals surface area contributed by atoms with E-state index < -0.39 is 28.5 Å². The van der Waals surface area contributed by atoms with Gasteiger partial charge in [0, 0.05) is 12.1 Å². The Kier molecular flexibility index (Phi) is 5.59. The molecule has 0 saturated carbocycles. The molecule has 0 aromatic heterocycles. The number of hydrogen-bond donors (Lipinski definition) is 0. The molecule has 1 aliphatic rings. The lowest BCUT2D eigenvalue weighted by Gasteiger charge is -2.32. The van der Waals surface area contributed by atoms with Crippen molar-refractivity contribution < 1.29 is 26.7 Å². The highest BCUT2D eigenvalue weighted by Crippen LogP contribution is 2.32. The van der Waals surface area contributed by atoms with Gasteiger partial charge in [0.1, 0.15) is 10.9 Å². The molecule has 1 saturated heterocycles. The van der Waals surface area contributed by atoms with Gasteiger partial charge in [-0.15, -0.1) is 0 Å². The monoisotopic (exact) mass is 367 g/mol. The summed E-state index contributed by atoms with van der Waals surface area (Å²) in [5.74, 6) is -0.645. The summed E-state index contributed by atoms with van der Waals surface area (Å²) in [5, 5.41) is -0.294. The molecule has 1 aliphatic heterocycles. The molecule has 0 amide bonds. The fraction of sp³-hybridized carbons (Fsp3) is 0.500. The van der Waals surface area contributed by atoms with Crippen molar-refractivity contribution in [3.05, 3.63) is 28.8 Å². The molecule has 1 aromatic rings. The fourth-order valence-corrected chi connectivity index (χ4v) is 4.73. The van der Waals surface area contributed by atoms with Gasteiger partial charge in [0.05, 0.1) is 12.1 Å². The van der Waals surface area contributed by atoms with Gasteiger partial charge in [-0.1, -0.05) is 17.7 Å². The largest absolute Gasteiger partial charge is 0.468 e. The van der Waals surface area contributed by atoms with E-state index in [0.29, 0.717) is 19.3 Å². The molecule has 0 aliphatic carbocycles. The predicted octanol–water partition coefficient (Wildman–Crippen LogP) is 2.99. The number of ether oxygens (including phenoxy) is 1. The standard InChI is InChI=1S/C14H16ClF2NO4S/c1-22-14(19)11-4-2-3-7-18(11)23(20,21)12-6-5-9(13(16)17)8-10(12)15/h5-6,8,11,13H,2-4,7H2,1H3/t11-/m0/s1. The quantitative estimate of drug-likeness (QED) is 0.767. The molecule has 0 unspecified atom stereocenters. The summed E-state index contributed by atoms with van der Waals surface area (Å²) in [4.78, 5) is 11.5. The number of alkyl halides is 2. The van der Waals surface area contributed by atoms with E-state index in [4.69, 9.17) is 11.6 Å². The van der Waals surface area contributed by atoms with Crippen molar-refractivity contribution in [3.63, 3.8) is 0 Å². The Labute approximate surface area is 138 Å². The Bertz CT molecular complexity index is 696. The van der Waals surface area contributed by atoms with Gasteiger partial charge in [-0.25, -0.2) is 17.2 Å². The average Bonchev–Trinajstić information content (AvgIpc) is 2.53. The van der Waals surface area contributed by atoms with Crippen LogP contribution in [0.15, 0.2) is 23.1 Å². The number of rotatable bonds is 4. The molecule has 1 heterocycles. The second-order valence-corrected chi connectivity index (χ2v) is 7.41. The first-order chi connectivity index (χ1) is 10.8. The normalized spacial score (nSPS) is 19.8. The molecule has 1 aromatic carbocycles. The van der Waals surface area contributed by atoms with Crippen molar-refractivity contribution in [1.82, 2.24) is 4.31 Å². The van der Waals surface area contributed by atoms with Gasteiger partial charge in [-0.2, -0.15) is 4.31 Å². The van der Waals surface area contributed by atoms with E-state index in [1.807, 2.05) is 0 Å². The SMILES string of the molecule is COC(=O)[C@@H]1CCCCN1S(=O)(=O)c1ccc(C(F)F)cc1Cl. The summed E-state index contributed by atoms with van der Waals surface area (Å²) < 4.78 is 56.5. The minimum Gasteiger partial charge on any atom is -0.468 e. The molecule has 1 fully saturated rings. The molecule has 2 rings (SSSR count). The summed E-state index contributed by atoms with van der Waals surface area (Å²) in [6, 6.07) is 2.06. The number of nitrogens with zero attached hydrogens (tertiary/aromatic N) is 1. The van der Waals surface area contributed by atoms with Crippen LogP contribution in [0, 0.1) is 0 Å². The van der Waals surface area contributed by atoms with Crippen molar-refractivity contribution in [2.75, 3.05) is 13.7 Å². The van der Waals surface area contributed by atoms with Crippen molar-refractivity contribution in [2.24, 2.45) is 0 Å². The number of carbonyl (C=O) groups excluding carboxylic acids is 1. The van der Waals surface area contributed by atoms with E-state index in [-0.39, 0.29) is 22.0 Å². The molecule has 1 atom stereocenters. The lowest BCUT2D eigenvalue weighted by atomic mass is 10.1. The molecule has 0 spiro atoms. The van der Waals surface area contributed by atoms with Crippen LogP contribution in [0.25, 0.3) is 0 Å². The molecular weight excluding hydrogens is 352 g/mol. The van der Waals surface area contributed by atoms with Crippen LogP contribution >= 0.6 is 11.6 Å². The number of benzene rings is 1. The van der Waals surface area contributed by atoms with Crippen molar-refractivity contribution in [1.29, 1.82) is 0 Å². The first-order valence-corrected chi connectivity index (χ1v) is 8.78. The van der Waals surface area contributed by atoms with E-state index in [1.54, 1.807) is 0 Å². The van der Waals surface area contributed by atoms with Crippen LogP contribution in [-0.4, -0.2) is 38.4 Å². The Balaban J connectivity index is 2.42. The van der Waals surface area contributed by atoms with Crippen LogP contribution in [0.2, 0.25) is 5.02 Å². The highest BCUT2D eigenvalue weighted by atomic mass is 35.5. The highest BCUT2D eigenvalue weighted by molar-refractivity contribution is 7.89. The van der Waals surface area contributed by atoms with Crippen LogP contribution < -0.4 is 0 Å². The van der Waals surface area contributed by atoms with Gasteiger partial charge < -0.3 is 4.74 Å². The third-order valence-electron chi connectivity index (χ3n) is 3.72. The zero-order valence-electron chi connectivity index (χ0n) is 12.3. The molecule has 0 radical (unpaired) electrons. The Morgan fingerprint density at radius 3 is 2.65 bits per heavy atom. The molecule has 128 valence electrons. The van der Waals surface area contributed by atoms with E-state index in [1.165, 1.54) is 7.11 Å². The number of carbonyl (C=O) groups is 1. The first kappa shape index (κ1) is 18.1. The van der Waals surface area contributed by atoms with Gasteiger partial charge >= 0.3 is 5.97 Å². The molecule has 23 heavy (non-hydrogen) atoms. The lowest BCUT2D eigenvalue weighted by Crippen LogP contribution is -2.48. The maximum atomic E-state index is 12.8. The molecular formula is C14H16ClF2NO4S. The Morgan fingerprint density at radius 2 is 2.09 bits per heavy atom. The van der Waals surface area contributed by atoms with Crippen LogP contribution in [0.3, 0.4) is 0 Å². The maximum absolute atomic E-state index is 12.8. The third-order valence-corrected chi connectivity index (χ3v) is 6.11. The summed E-state index contributed by atoms with van der Waals surface area (Å²) >= 11 is 5.88. The van der Waals surface area contributed by atoms with E-state index in [0.717, 1.165) is 22.5 Å². The zero-order chi connectivity index (χ0) is 17.2. The molecule has 0 bridgehead atoms. The van der Waals surface area contributed by atoms with Crippen molar-refractivity contribution in [2.45, 2.75) is 36.6 Å². The van der Waals surface area contributed by atoms with Crippen LogP contribution in [-0.2, 0) is 19.6 Å². The van der Waals surface area contributed by atoms with Crippen LogP contribution in [0.1, 0.15) is 31.3 Å². The van der Waals surface area contributed by atoms with Gasteiger partial charge in [0.25, 0.3) is 6.43 Å². The van der Waals surface area contributed by atoms with Crippen molar-refractivity contribution in [3.8, 4) is 0 Å². The van der Waals surface area contributed by atoms with Gasteiger partial charge in [0.15, 0.2) is 0 Å². The number of methoxy groups -OCH3 is 1. The van der Waals surface area contributed by atoms with Crippen LogP contribution in [0.5, 0.6) is 0 Å². The first-order valence-electron chi connectivity index (χ1n) is 6.96. The smallest absolute Gasteiger partial charge is 0.324 e. The fourth-order valence-electron chi connectivity index (χ4n) is 2.55. The van der Waals surface area contributed by atoms with E-state index in [9.17, 15) is 22.0 Å². The summed E-state index contributed by atoms with van der Waals surface area (Å²) in [6.45, 7) is 0.148. The highest BCUT2D eigenvalue weighted by Gasteiger charge is 2.39. The summed E-state index contributed by atoms with van der Waals surface area (Å²) in [7, 11) is -2.90. The maximum Gasteiger partial charge on any atom is 0.324 e. The van der Waals surface area contributed by atoms with Gasteiger partial charge in [-0.05, 0) is 31.4 Å². The topological polar surface area (TPSA) is 63.7 Å². The Morgan fingerprint density at radius 1 is 1.39 bits per heavy atom. The Hall–Kier alpha value is -1.25. The summed E-state index contributed by atoms with van der Waals surface area (Å²) in [5.41, 5.74) is -0.364. The van der Waals surface area contributed by atoms with Crippen molar-refractivity contribution >= 4 is 27.6 Å². The molecule has 5 nitrogen and oxygen atoms in total. The number of halogens is 3. The van der Waals surface area contributed by atoms with Gasteiger partial charge in [0.2, 0.25) is 10.0 Å². The number of sulfonamides is 1. The number of hydrogen-bond acceptors (Lipinski definition) is 4. The van der Waals surface area contributed by atoms with Gasteiger partial charge in [-0.3, -0.25) is 4.79 Å². The number of esters is 1. The molecule has 0 N–H and O–H groups in total. The lowest BCUT2D eigenvalue weighted by molar-refractivity contribution is -0.146. The average molecular weight is 368 g/mol. The predicted molar refractivity (Wildman–Crippen MR) is 80.0 cm³/mol. The number of piperidine rings is 1.